The second-order valence-electron chi connectivity index (χ2n) is 5.78. The predicted octanol–water partition coefficient (Wildman–Crippen LogP) is 2.10. The van der Waals surface area contributed by atoms with Gasteiger partial charge in [-0.2, -0.15) is 0 Å². The first-order valence-electron chi connectivity index (χ1n) is 6.49. The molecule has 0 spiro atoms. The van der Waals surface area contributed by atoms with Crippen molar-refractivity contribution in [3.63, 3.8) is 0 Å². The minimum atomic E-state index is -1.66. The van der Waals surface area contributed by atoms with Gasteiger partial charge in [-0.3, -0.25) is 0 Å². The van der Waals surface area contributed by atoms with Gasteiger partial charge in [0, 0.05) is 0 Å². The SMILES string of the molecule is CC[N](CC)[Sn]1[N](C(C)C)C[N]1C(C)(C)C. The van der Waals surface area contributed by atoms with Crippen molar-refractivity contribution >= 4 is 20.6 Å². The zero-order valence-corrected chi connectivity index (χ0v) is 14.9. The van der Waals surface area contributed by atoms with Crippen LogP contribution >= 0.6 is 0 Å². The summed E-state index contributed by atoms with van der Waals surface area (Å²) in [5, 5.41) is 0. The van der Waals surface area contributed by atoms with Crippen molar-refractivity contribution in [1.82, 2.24) is 9.36 Å². The molecule has 0 aliphatic carbocycles. The third-order valence-corrected chi connectivity index (χ3v) is 13.7. The third kappa shape index (κ3) is 2.92. The Kier molecular flexibility index (Phi) is 5.11. The summed E-state index contributed by atoms with van der Waals surface area (Å²) in [5.74, 6) is 0. The molecule has 0 atom stereocenters. The molecule has 1 aliphatic rings. The van der Waals surface area contributed by atoms with Crippen LogP contribution in [0.5, 0.6) is 0 Å². The molecule has 1 aliphatic heterocycles. The van der Waals surface area contributed by atoms with Crippen molar-refractivity contribution in [2.75, 3.05) is 19.8 Å². The fourth-order valence-corrected chi connectivity index (χ4v) is 10.6. The molecular formula is C12H28N3Sn. The first kappa shape index (κ1) is 14.7. The molecule has 0 saturated carbocycles. The Balaban J connectivity index is 2.78. The van der Waals surface area contributed by atoms with E-state index in [4.69, 9.17) is 0 Å². The Morgan fingerprint density at radius 3 is 2.00 bits per heavy atom. The fourth-order valence-electron chi connectivity index (χ4n) is 2.12. The summed E-state index contributed by atoms with van der Waals surface area (Å²) < 4.78 is 8.28. The molecule has 1 heterocycles. The third-order valence-electron chi connectivity index (χ3n) is 3.27. The van der Waals surface area contributed by atoms with E-state index in [1.807, 2.05) is 0 Å². The monoisotopic (exact) mass is 334 g/mol. The molecule has 0 aromatic heterocycles. The topological polar surface area (TPSA) is 9.72 Å². The zero-order chi connectivity index (χ0) is 12.5. The molecule has 0 aromatic carbocycles. The first-order chi connectivity index (χ1) is 7.32. The van der Waals surface area contributed by atoms with Gasteiger partial charge in [0.25, 0.3) is 0 Å². The number of hydrogen-bond donors (Lipinski definition) is 0. The van der Waals surface area contributed by atoms with Crippen molar-refractivity contribution in [3.8, 4) is 0 Å². The summed E-state index contributed by atoms with van der Waals surface area (Å²) in [4.78, 5) is 0. The quantitative estimate of drug-likeness (QED) is 0.730. The van der Waals surface area contributed by atoms with Crippen LogP contribution in [0.2, 0.25) is 0 Å². The number of nitrogens with zero attached hydrogens (tertiary/aromatic N) is 3. The molecule has 0 unspecified atom stereocenters. The molecular weight excluding hydrogens is 305 g/mol. The van der Waals surface area contributed by atoms with E-state index < -0.39 is 20.6 Å². The summed E-state index contributed by atoms with van der Waals surface area (Å²) in [6, 6.07) is 0.716. The molecule has 0 amide bonds. The summed E-state index contributed by atoms with van der Waals surface area (Å²) >= 11 is -1.66. The number of rotatable bonds is 4. The van der Waals surface area contributed by atoms with E-state index in [9.17, 15) is 0 Å². The van der Waals surface area contributed by atoms with E-state index in [2.05, 4.69) is 57.8 Å². The Labute approximate surface area is 110 Å². The molecule has 95 valence electrons. The van der Waals surface area contributed by atoms with Gasteiger partial charge in [-0.05, 0) is 0 Å². The van der Waals surface area contributed by atoms with Gasteiger partial charge in [0.15, 0.2) is 0 Å². The van der Waals surface area contributed by atoms with Crippen molar-refractivity contribution in [1.29, 1.82) is 0 Å². The summed E-state index contributed by atoms with van der Waals surface area (Å²) in [7, 11) is 0. The summed E-state index contributed by atoms with van der Waals surface area (Å²) in [6.07, 6.45) is 0. The van der Waals surface area contributed by atoms with Gasteiger partial charge in [-0.15, -0.1) is 0 Å². The average Bonchev–Trinajstić information content (AvgIpc) is 2.08. The standard InChI is InChI=1S/C8H18N2.C4H10N.Sn/c1-7(2)9-6-10-8(3,4)5;1-3-5-4-2;/h7H,6H2,1-5H3;3-4H2,1-2H3;/q-2;-1;+3. The first-order valence-corrected chi connectivity index (χ1v) is 10.3. The fraction of sp³-hybridized carbons (Fsp3) is 1.00. The van der Waals surface area contributed by atoms with Crippen molar-refractivity contribution in [2.45, 2.75) is 60.0 Å². The summed E-state index contributed by atoms with van der Waals surface area (Å²) in [6.45, 7) is 19.9. The molecule has 4 heteroatoms. The Bertz CT molecular complexity index is 219. The van der Waals surface area contributed by atoms with Gasteiger partial charge in [0.2, 0.25) is 0 Å². The molecule has 0 aromatic rings. The number of hydrogen-bond acceptors (Lipinski definition) is 3. The molecule has 1 radical (unpaired) electrons. The average molecular weight is 333 g/mol. The zero-order valence-electron chi connectivity index (χ0n) is 12.0. The van der Waals surface area contributed by atoms with E-state index in [0.717, 1.165) is 0 Å². The minimum absolute atomic E-state index is 0.350. The van der Waals surface area contributed by atoms with Crippen LogP contribution in [-0.2, 0) is 0 Å². The molecule has 1 fully saturated rings. The van der Waals surface area contributed by atoms with Crippen LogP contribution in [0.25, 0.3) is 0 Å². The van der Waals surface area contributed by atoms with Gasteiger partial charge >= 0.3 is 110 Å². The van der Waals surface area contributed by atoms with Crippen LogP contribution in [-0.4, -0.2) is 61.3 Å². The maximum absolute atomic E-state index is 2.78. The Morgan fingerprint density at radius 2 is 1.69 bits per heavy atom. The predicted molar refractivity (Wildman–Crippen MR) is 72.1 cm³/mol. The van der Waals surface area contributed by atoms with Gasteiger partial charge in [0.05, 0.1) is 0 Å². The molecule has 1 rings (SSSR count). The summed E-state index contributed by atoms with van der Waals surface area (Å²) in [5.41, 5.74) is 0.350. The van der Waals surface area contributed by atoms with Crippen LogP contribution in [0.3, 0.4) is 0 Å². The van der Waals surface area contributed by atoms with E-state index in [1.165, 1.54) is 19.8 Å². The maximum atomic E-state index is 2.78. The van der Waals surface area contributed by atoms with Crippen LogP contribution in [0, 0.1) is 0 Å². The Hall–Kier alpha value is 0.679. The van der Waals surface area contributed by atoms with E-state index in [0.29, 0.717) is 11.6 Å². The molecule has 0 bridgehead atoms. The van der Waals surface area contributed by atoms with E-state index in [-0.39, 0.29) is 0 Å². The van der Waals surface area contributed by atoms with E-state index in [1.54, 1.807) is 0 Å². The van der Waals surface area contributed by atoms with Crippen LogP contribution in [0.1, 0.15) is 48.5 Å². The van der Waals surface area contributed by atoms with Crippen LogP contribution in [0.4, 0.5) is 0 Å². The van der Waals surface area contributed by atoms with Crippen molar-refractivity contribution < 1.29 is 0 Å². The molecule has 0 N–H and O–H groups in total. The Morgan fingerprint density at radius 1 is 1.19 bits per heavy atom. The molecule has 16 heavy (non-hydrogen) atoms. The van der Waals surface area contributed by atoms with Crippen LogP contribution in [0.15, 0.2) is 0 Å². The van der Waals surface area contributed by atoms with E-state index >= 15 is 0 Å². The van der Waals surface area contributed by atoms with Gasteiger partial charge in [-0.25, -0.2) is 0 Å². The van der Waals surface area contributed by atoms with Gasteiger partial charge in [0.1, 0.15) is 0 Å². The van der Waals surface area contributed by atoms with Crippen molar-refractivity contribution in [3.05, 3.63) is 0 Å². The van der Waals surface area contributed by atoms with Crippen LogP contribution < -0.4 is 0 Å². The van der Waals surface area contributed by atoms with Crippen molar-refractivity contribution in [2.24, 2.45) is 0 Å². The van der Waals surface area contributed by atoms with Gasteiger partial charge in [-0.1, -0.05) is 0 Å². The molecule has 3 nitrogen and oxygen atoms in total. The normalized spacial score (nSPS) is 20.8. The molecule has 1 saturated heterocycles. The second kappa shape index (κ2) is 5.55. The van der Waals surface area contributed by atoms with Gasteiger partial charge < -0.3 is 0 Å². The second-order valence-corrected chi connectivity index (χ2v) is 12.5.